The Bertz CT molecular complexity index is 443. The van der Waals surface area contributed by atoms with Crippen LogP contribution in [-0.4, -0.2) is 41.9 Å². The SMILES string of the molecule is CCOC(=O)CCCN1C(=O)NC(=O)C(CC)(CC)C1=O. The van der Waals surface area contributed by atoms with Crippen LogP contribution >= 0.6 is 0 Å². The van der Waals surface area contributed by atoms with Gasteiger partial charge in [-0.1, -0.05) is 13.8 Å². The maximum Gasteiger partial charge on any atom is 0.330 e. The number of esters is 1. The average molecular weight is 298 g/mol. The summed E-state index contributed by atoms with van der Waals surface area (Å²) in [6.07, 6.45) is 1.10. The molecule has 0 aromatic rings. The third kappa shape index (κ3) is 3.40. The molecule has 1 heterocycles. The van der Waals surface area contributed by atoms with Crippen molar-refractivity contribution in [2.75, 3.05) is 13.2 Å². The zero-order valence-corrected chi connectivity index (χ0v) is 12.7. The molecule has 0 aromatic carbocycles. The monoisotopic (exact) mass is 298 g/mol. The highest BCUT2D eigenvalue weighted by Gasteiger charge is 2.51. The highest BCUT2D eigenvalue weighted by atomic mass is 16.5. The molecule has 1 saturated heterocycles. The van der Waals surface area contributed by atoms with Crippen molar-refractivity contribution in [1.82, 2.24) is 10.2 Å². The Hall–Kier alpha value is -1.92. The number of carbonyl (C=O) groups excluding carboxylic acids is 4. The molecule has 1 N–H and O–H groups in total. The minimum absolute atomic E-state index is 0.0957. The maximum atomic E-state index is 12.5. The molecule has 0 aliphatic carbocycles. The van der Waals surface area contributed by atoms with E-state index < -0.39 is 23.3 Å². The lowest BCUT2D eigenvalue weighted by atomic mass is 9.78. The number of nitrogens with zero attached hydrogens (tertiary/aromatic N) is 1. The Balaban J connectivity index is 2.73. The fourth-order valence-electron chi connectivity index (χ4n) is 2.42. The van der Waals surface area contributed by atoms with Gasteiger partial charge < -0.3 is 4.74 Å². The summed E-state index contributed by atoms with van der Waals surface area (Å²) in [4.78, 5) is 48.5. The Morgan fingerprint density at radius 1 is 1.19 bits per heavy atom. The summed E-state index contributed by atoms with van der Waals surface area (Å²) in [6.45, 7) is 5.59. The second-order valence-electron chi connectivity index (χ2n) is 4.91. The highest BCUT2D eigenvalue weighted by Crippen LogP contribution is 2.32. The van der Waals surface area contributed by atoms with Crippen molar-refractivity contribution in [2.24, 2.45) is 5.41 Å². The molecule has 0 bridgehead atoms. The van der Waals surface area contributed by atoms with Gasteiger partial charge in [-0.3, -0.25) is 24.6 Å². The number of hydrogen-bond acceptors (Lipinski definition) is 5. The molecule has 0 radical (unpaired) electrons. The van der Waals surface area contributed by atoms with Crippen LogP contribution in [0, 0.1) is 5.41 Å². The fourth-order valence-corrected chi connectivity index (χ4v) is 2.42. The lowest BCUT2D eigenvalue weighted by Crippen LogP contribution is -2.63. The summed E-state index contributed by atoms with van der Waals surface area (Å²) in [5.74, 6) is -1.38. The van der Waals surface area contributed by atoms with Gasteiger partial charge in [-0.15, -0.1) is 0 Å². The molecule has 0 unspecified atom stereocenters. The van der Waals surface area contributed by atoms with Gasteiger partial charge in [0.25, 0.3) is 0 Å². The highest BCUT2D eigenvalue weighted by molar-refractivity contribution is 6.19. The zero-order chi connectivity index (χ0) is 16.0. The van der Waals surface area contributed by atoms with Gasteiger partial charge in [-0.05, 0) is 26.2 Å². The minimum atomic E-state index is -1.18. The van der Waals surface area contributed by atoms with Crippen LogP contribution in [0.3, 0.4) is 0 Å². The van der Waals surface area contributed by atoms with Crippen LogP contribution in [0.25, 0.3) is 0 Å². The average Bonchev–Trinajstić information content (AvgIpc) is 2.44. The van der Waals surface area contributed by atoms with Crippen molar-refractivity contribution >= 4 is 23.8 Å². The first-order chi connectivity index (χ1) is 9.92. The van der Waals surface area contributed by atoms with E-state index in [2.05, 4.69) is 5.32 Å². The summed E-state index contributed by atoms with van der Waals surface area (Å²) in [5.41, 5.74) is -1.18. The number of amides is 4. The van der Waals surface area contributed by atoms with Crippen molar-refractivity contribution in [3.05, 3.63) is 0 Å². The molecule has 1 rings (SSSR count). The van der Waals surface area contributed by atoms with Gasteiger partial charge in [0.1, 0.15) is 5.41 Å². The van der Waals surface area contributed by atoms with E-state index in [1.807, 2.05) is 0 Å². The molecule has 7 nitrogen and oxygen atoms in total. The zero-order valence-electron chi connectivity index (χ0n) is 12.7. The van der Waals surface area contributed by atoms with E-state index >= 15 is 0 Å². The van der Waals surface area contributed by atoms with E-state index in [1.54, 1.807) is 20.8 Å². The molecule has 0 aromatic heterocycles. The first kappa shape index (κ1) is 17.1. The molecule has 1 aliphatic heterocycles. The van der Waals surface area contributed by atoms with Gasteiger partial charge in [-0.25, -0.2) is 4.79 Å². The molecule has 1 fully saturated rings. The van der Waals surface area contributed by atoms with E-state index in [0.29, 0.717) is 25.9 Å². The van der Waals surface area contributed by atoms with Crippen molar-refractivity contribution in [3.8, 4) is 0 Å². The third-order valence-corrected chi connectivity index (χ3v) is 3.83. The number of imide groups is 2. The Kier molecular flexibility index (Phi) is 5.87. The Labute approximate surface area is 124 Å². The molecular formula is C14H22N2O5. The van der Waals surface area contributed by atoms with E-state index in [-0.39, 0.29) is 18.9 Å². The summed E-state index contributed by atoms with van der Waals surface area (Å²) < 4.78 is 4.79. The lowest BCUT2D eigenvalue weighted by Gasteiger charge is -2.38. The molecule has 7 heteroatoms. The van der Waals surface area contributed by atoms with Crippen LogP contribution in [0.15, 0.2) is 0 Å². The molecular weight excluding hydrogens is 276 g/mol. The largest absolute Gasteiger partial charge is 0.466 e. The van der Waals surface area contributed by atoms with Crippen molar-refractivity contribution in [2.45, 2.75) is 46.5 Å². The third-order valence-electron chi connectivity index (χ3n) is 3.83. The maximum absolute atomic E-state index is 12.5. The van der Waals surface area contributed by atoms with Crippen LogP contribution in [0.4, 0.5) is 4.79 Å². The molecule has 4 amide bonds. The Morgan fingerprint density at radius 2 is 1.81 bits per heavy atom. The quantitative estimate of drug-likeness (QED) is 0.563. The van der Waals surface area contributed by atoms with Crippen LogP contribution in [0.1, 0.15) is 46.5 Å². The summed E-state index contributed by atoms with van der Waals surface area (Å²) in [6, 6.07) is -0.716. The molecule has 0 spiro atoms. The van der Waals surface area contributed by atoms with Gasteiger partial charge in [-0.2, -0.15) is 0 Å². The van der Waals surface area contributed by atoms with Crippen molar-refractivity contribution in [3.63, 3.8) is 0 Å². The van der Waals surface area contributed by atoms with E-state index in [0.717, 1.165) is 4.90 Å². The van der Waals surface area contributed by atoms with Crippen LogP contribution in [0.2, 0.25) is 0 Å². The second-order valence-corrected chi connectivity index (χ2v) is 4.91. The standard InChI is InChI=1S/C14H22N2O5/c1-4-14(5-2)11(18)15-13(20)16(12(14)19)9-7-8-10(17)21-6-3/h4-9H2,1-3H3,(H,15,18,20). The molecule has 118 valence electrons. The number of rotatable bonds is 7. The number of barbiturate groups is 1. The summed E-state index contributed by atoms with van der Waals surface area (Å²) in [7, 11) is 0. The van der Waals surface area contributed by atoms with Gasteiger partial charge in [0, 0.05) is 13.0 Å². The molecule has 1 aliphatic rings. The number of urea groups is 1. The second kappa shape index (κ2) is 7.19. The number of hydrogen-bond donors (Lipinski definition) is 1. The Morgan fingerprint density at radius 3 is 2.33 bits per heavy atom. The minimum Gasteiger partial charge on any atom is -0.466 e. The smallest absolute Gasteiger partial charge is 0.330 e. The summed E-state index contributed by atoms with van der Waals surface area (Å²) >= 11 is 0. The summed E-state index contributed by atoms with van der Waals surface area (Å²) in [5, 5.41) is 2.23. The number of carbonyl (C=O) groups is 4. The van der Waals surface area contributed by atoms with Crippen LogP contribution < -0.4 is 5.32 Å². The van der Waals surface area contributed by atoms with Crippen LogP contribution in [-0.2, 0) is 19.1 Å². The van der Waals surface area contributed by atoms with E-state index in [1.165, 1.54) is 0 Å². The topological polar surface area (TPSA) is 92.8 Å². The predicted molar refractivity (Wildman–Crippen MR) is 74.1 cm³/mol. The van der Waals surface area contributed by atoms with E-state index in [4.69, 9.17) is 4.74 Å². The normalized spacial score (nSPS) is 17.7. The predicted octanol–water partition coefficient (Wildman–Crippen LogP) is 1.21. The van der Waals surface area contributed by atoms with Crippen molar-refractivity contribution in [1.29, 1.82) is 0 Å². The number of nitrogens with one attached hydrogen (secondary N) is 1. The number of ether oxygens (including phenoxy) is 1. The van der Waals surface area contributed by atoms with Crippen molar-refractivity contribution < 1.29 is 23.9 Å². The lowest BCUT2D eigenvalue weighted by molar-refractivity contribution is -0.153. The van der Waals surface area contributed by atoms with Crippen LogP contribution in [0.5, 0.6) is 0 Å². The first-order valence-electron chi connectivity index (χ1n) is 7.25. The van der Waals surface area contributed by atoms with Gasteiger partial charge in [0.2, 0.25) is 11.8 Å². The van der Waals surface area contributed by atoms with E-state index in [9.17, 15) is 19.2 Å². The van der Waals surface area contributed by atoms with Gasteiger partial charge in [0.05, 0.1) is 6.61 Å². The van der Waals surface area contributed by atoms with Gasteiger partial charge >= 0.3 is 12.0 Å². The fraction of sp³-hybridized carbons (Fsp3) is 0.714. The first-order valence-corrected chi connectivity index (χ1v) is 7.25. The molecule has 0 atom stereocenters. The van der Waals surface area contributed by atoms with Gasteiger partial charge in [0.15, 0.2) is 0 Å². The molecule has 0 saturated carbocycles. The molecule has 21 heavy (non-hydrogen) atoms.